The van der Waals surface area contributed by atoms with E-state index in [1.165, 1.54) is 18.6 Å². The van der Waals surface area contributed by atoms with E-state index in [0.717, 1.165) is 29.2 Å². The molecule has 11 heteroatoms. The number of rotatable bonds is 14. The third-order valence-corrected chi connectivity index (χ3v) is 7.78. The molecule has 44 heavy (non-hydrogen) atoms. The maximum Gasteiger partial charge on any atom is 0.272 e. The Hall–Kier alpha value is -4.67. The molecule has 0 spiro atoms. The van der Waals surface area contributed by atoms with E-state index in [2.05, 4.69) is 31.2 Å². The van der Waals surface area contributed by atoms with E-state index in [4.69, 9.17) is 0 Å². The van der Waals surface area contributed by atoms with Gasteiger partial charge in [-0.1, -0.05) is 56.3 Å². The van der Waals surface area contributed by atoms with Gasteiger partial charge in [0, 0.05) is 31.3 Å². The monoisotopic (exact) mass is 600 g/mol. The topological polar surface area (TPSA) is 159 Å². The van der Waals surface area contributed by atoms with Crippen LogP contribution in [0.15, 0.2) is 61.1 Å². The molecule has 4 rings (SSSR count). The summed E-state index contributed by atoms with van der Waals surface area (Å²) in [6, 6.07) is 10.7. The molecule has 0 bridgehead atoms. The highest BCUT2D eigenvalue weighted by Crippen LogP contribution is 2.21. The maximum atomic E-state index is 13.8. The molecule has 1 aliphatic heterocycles. The summed E-state index contributed by atoms with van der Waals surface area (Å²) >= 11 is 0. The number of carbonyl (C=O) groups excluding carboxylic acids is 5. The second kappa shape index (κ2) is 15.7. The number of carbonyl (C=O) groups is 5. The molecule has 1 aliphatic rings. The van der Waals surface area contributed by atoms with Crippen molar-refractivity contribution in [1.82, 2.24) is 31.2 Å². The Labute approximate surface area is 257 Å². The Bertz CT molecular complexity index is 1460. The Morgan fingerprint density at radius 1 is 1.00 bits per heavy atom. The molecule has 1 saturated heterocycles. The van der Waals surface area contributed by atoms with Gasteiger partial charge in [0.25, 0.3) is 5.91 Å². The highest BCUT2D eigenvalue weighted by molar-refractivity contribution is 5.97. The normalized spacial score (nSPS) is 16.8. The van der Waals surface area contributed by atoms with E-state index in [0.29, 0.717) is 32.1 Å². The van der Waals surface area contributed by atoms with Crippen molar-refractivity contribution in [2.24, 2.45) is 11.8 Å². The molecule has 2 aromatic carbocycles. The van der Waals surface area contributed by atoms with Crippen LogP contribution < -0.4 is 21.3 Å². The summed E-state index contributed by atoms with van der Waals surface area (Å²) in [6.07, 6.45) is 7.70. The van der Waals surface area contributed by atoms with Crippen LogP contribution in [0, 0.1) is 11.8 Å². The number of fused-ring (bicyclic) bond motifs is 1. The van der Waals surface area contributed by atoms with Crippen LogP contribution in [0.1, 0.15) is 62.0 Å². The number of hydrogen-bond acceptors (Lipinski definition) is 7. The summed E-state index contributed by atoms with van der Waals surface area (Å²) in [5.41, 5.74) is 0.903. The number of benzene rings is 2. The molecule has 1 fully saturated rings. The molecule has 4 N–H and O–H groups in total. The lowest BCUT2D eigenvalue weighted by Gasteiger charge is -2.26. The summed E-state index contributed by atoms with van der Waals surface area (Å²) < 4.78 is 0. The summed E-state index contributed by atoms with van der Waals surface area (Å²) in [5.74, 6) is -1.80. The van der Waals surface area contributed by atoms with Crippen LogP contribution in [0.3, 0.4) is 0 Å². The van der Waals surface area contributed by atoms with Gasteiger partial charge < -0.3 is 26.1 Å². The average molecular weight is 601 g/mol. The van der Waals surface area contributed by atoms with Crippen molar-refractivity contribution >= 4 is 40.7 Å². The summed E-state index contributed by atoms with van der Waals surface area (Å²) in [5, 5.41) is 13.1. The van der Waals surface area contributed by atoms with Gasteiger partial charge in [-0.2, -0.15) is 0 Å². The van der Waals surface area contributed by atoms with E-state index in [1.807, 2.05) is 56.3 Å². The van der Waals surface area contributed by atoms with Gasteiger partial charge in [-0.25, -0.2) is 4.98 Å². The zero-order valence-electron chi connectivity index (χ0n) is 25.1. The molecule has 4 atom stereocenters. The second-order valence-corrected chi connectivity index (χ2v) is 11.6. The number of nitrogens with one attached hydrogen (secondary N) is 4. The highest BCUT2D eigenvalue weighted by atomic mass is 16.2. The molecule has 2 heterocycles. The zero-order valence-corrected chi connectivity index (χ0v) is 25.1. The lowest BCUT2D eigenvalue weighted by atomic mass is 9.92. The van der Waals surface area contributed by atoms with Crippen LogP contribution in [0.25, 0.3) is 10.8 Å². The minimum absolute atomic E-state index is 0.0297. The molecule has 232 valence electrons. The van der Waals surface area contributed by atoms with Gasteiger partial charge in [-0.05, 0) is 54.4 Å². The lowest BCUT2D eigenvalue weighted by molar-refractivity contribution is -0.131. The van der Waals surface area contributed by atoms with Gasteiger partial charge in [0.2, 0.25) is 17.7 Å². The first-order chi connectivity index (χ1) is 21.2. The van der Waals surface area contributed by atoms with E-state index in [1.54, 1.807) is 0 Å². The van der Waals surface area contributed by atoms with Crippen LogP contribution in [-0.4, -0.2) is 64.6 Å². The van der Waals surface area contributed by atoms with E-state index < -0.39 is 35.8 Å². The van der Waals surface area contributed by atoms with Crippen molar-refractivity contribution < 1.29 is 24.0 Å². The van der Waals surface area contributed by atoms with Crippen LogP contribution in [0.4, 0.5) is 0 Å². The van der Waals surface area contributed by atoms with Gasteiger partial charge in [0.15, 0.2) is 0 Å². The minimum Gasteiger partial charge on any atom is -0.356 e. The van der Waals surface area contributed by atoms with Gasteiger partial charge in [0.1, 0.15) is 24.1 Å². The first-order valence-electron chi connectivity index (χ1n) is 15.1. The Kier molecular flexibility index (Phi) is 11.5. The maximum absolute atomic E-state index is 13.8. The standard InChI is InChI=1S/C33H40N6O5/c1-21(2)17-27(31(42)37-25(20-40)13-12-23-10-6-14-36-30(23)41)38-32(43)28(39-33(44)29-19-34-15-16-35-29)18-24-9-5-8-22-7-3-4-11-26(22)24/h3-5,7-9,11,15-16,19-21,23,25,27-28H,6,10,12-14,17-18H2,1-2H3,(H,36,41)(H,37,42)(H,38,43)(H,39,44)/t23-,25-,27-,28-/m0/s1. The Morgan fingerprint density at radius 3 is 2.50 bits per heavy atom. The second-order valence-electron chi connectivity index (χ2n) is 11.6. The molecular weight excluding hydrogens is 560 g/mol. The predicted molar refractivity (Wildman–Crippen MR) is 165 cm³/mol. The molecule has 11 nitrogen and oxygen atoms in total. The van der Waals surface area contributed by atoms with Gasteiger partial charge in [-0.3, -0.25) is 24.2 Å². The molecule has 4 amide bonds. The number of piperidine rings is 1. The number of nitrogens with zero attached hydrogens (tertiary/aromatic N) is 2. The lowest BCUT2D eigenvalue weighted by Crippen LogP contribution is -2.56. The fraction of sp³-hybridized carbons (Fsp3) is 0.424. The number of aldehydes is 1. The van der Waals surface area contributed by atoms with E-state index in [9.17, 15) is 24.0 Å². The van der Waals surface area contributed by atoms with Crippen LogP contribution >= 0.6 is 0 Å². The Morgan fingerprint density at radius 2 is 1.77 bits per heavy atom. The molecule has 0 saturated carbocycles. The third kappa shape index (κ3) is 8.92. The minimum atomic E-state index is -1.04. The molecule has 3 aromatic rings. The molecule has 0 unspecified atom stereocenters. The summed E-state index contributed by atoms with van der Waals surface area (Å²) in [6.45, 7) is 4.50. The highest BCUT2D eigenvalue weighted by Gasteiger charge is 2.30. The summed E-state index contributed by atoms with van der Waals surface area (Å²) in [4.78, 5) is 72.3. The fourth-order valence-electron chi connectivity index (χ4n) is 5.47. The third-order valence-electron chi connectivity index (χ3n) is 7.78. The van der Waals surface area contributed by atoms with Crippen LogP contribution in [-0.2, 0) is 25.6 Å². The molecule has 0 aliphatic carbocycles. The summed E-state index contributed by atoms with van der Waals surface area (Å²) in [7, 11) is 0. The first-order valence-corrected chi connectivity index (χ1v) is 15.1. The number of aromatic nitrogens is 2. The molecule has 1 aromatic heterocycles. The van der Waals surface area contributed by atoms with Crippen molar-refractivity contribution in [3.05, 3.63) is 72.3 Å². The van der Waals surface area contributed by atoms with E-state index in [-0.39, 0.29) is 29.9 Å². The zero-order chi connectivity index (χ0) is 31.5. The van der Waals surface area contributed by atoms with E-state index >= 15 is 0 Å². The molecule has 0 radical (unpaired) electrons. The van der Waals surface area contributed by atoms with Gasteiger partial charge in [0.05, 0.1) is 12.2 Å². The van der Waals surface area contributed by atoms with Crippen molar-refractivity contribution in [1.29, 1.82) is 0 Å². The largest absolute Gasteiger partial charge is 0.356 e. The van der Waals surface area contributed by atoms with Gasteiger partial charge >= 0.3 is 0 Å². The van der Waals surface area contributed by atoms with Gasteiger partial charge in [-0.15, -0.1) is 0 Å². The number of amides is 4. The van der Waals surface area contributed by atoms with Crippen molar-refractivity contribution in [3.63, 3.8) is 0 Å². The van der Waals surface area contributed by atoms with Crippen molar-refractivity contribution in [3.8, 4) is 0 Å². The van der Waals surface area contributed by atoms with Crippen molar-refractivity contribution in [2.75, 3.05) is 6.54 Å². The Balaban J connectivity index is 1.50. The smallest absolute Gasteiger partial charge is 0.272 e. The van der Waals surface area contributed by atoms with Crippen LogP contribution in [0.2, 0.25) is 0 Å². The fourth-order valence-corrected chi connectivity index (χ4v) is 5.47. The SMILES string of the molecule is CC(C)C[C@H](NC(=O)[C@H](Cc1cccc2ccccc12)NC(=O)c1cnccn1)C(=O)N[C@H](C=O)CC[C@@H]1CCCNC1=O. The molecular formula is C33H40N6O5. The van der Waals surface area contributed by atoms with Crippen LogP contribution in [0.5, 0.6) is 0 Å². The predicted octanol–water partition coefficient (Wildman–Crippen LogP) is 2.49. The number of hydrogen-bond donors (Lipinski definition) is 4. The van der Waals surface area contributed by atoms with Crippen molar-refractivity contribution in [2.45, 2.75) is 70.5 Å². The quantitative estimate of drug-likeness (QED) is 0.207. The average Bonchev–Trinajstić information content (AvgIpc) is 3.03. The first kappa shape index (κ1) is 32.2.